The van der Waals surface area contributed by atoms with E-state index in [2.05, 4.69) is 16.4 Å². The Bertz CT molecular complexity index is 589. The van der Waals surface area contributed by atoms with Crippen LogP contribution in [0.2, 0.25) is 0 Å². The topological polar surface area (TPSA) is 65.2 Å². The fourth-order valence-corrected chi connectivity index (χ4v) is 1.88. The van der Waals surface area contributed by atoms with Gasteiger partial charge in [-0.3, -0.25) is 9.69 Å². The van der Waals surface area contributed by atoms with Crippen LogP contribution in [-0.4, -0.2) is 29.4 Å². The predicted octanol–water partition coefficient (Wildman–Crippen LogP) is 1.77. The minimum atomic E-state index is -0.417. The summed E-state index contributed by atoms with van der Waals surface area (Å²) >= 11 is 0. The van der Waals surface area contributed by atoms with Crippen molar-refractivity contribution < 1.29 is 9.59 Å². The molecule has 0 spiro atoms. The molecule has 0 bridgehead atoms. The molecule has 94 valence electrons. The lowest BCUT2D eigenvalue weighted by molar-refractivity contribution is -0.116. The van der Waals surface area contributed by atoms with Gasteiger partial charge in [0, 0.05) is 18.3 Å². The van der Waals surface area contributed by atoms with Gasteiger partial charge in [0.2, 0.25) is 6.41 Å². The van der Waals surface area contributed by atoms with Gasteiger partial charge in [-0.05, 0) is 30.5 Å². The highest BCUT2D eigenvalue weighted by atomic mass is 16.2. The van der Waals surface area contributed by atoms with Crippen molar-refractivity contribution in [3.8, 4) is 0 Å². The molecule has 5 heteroatoms. The van der Waals surface area contributed by atoms with Crippen LogP contribution in [0.15, 0.2) is 24.3 Å². The number of aryl methyl sites for hydroxylation is 1. The largest absolute Gasteiger partial charge is 0.357 e. The van der Waals surface area contributed by atoms with Crippen molar-refractivity contribution in [3.63, 3.8) is 0 Å². The molecule has 1 heterocycles. The average Bonchev–Trinajstić information content (AvgIpc) is 2.76. The van der Waals surface area contributed by atoms with Crippen LogP contribution in [0.3, 0.4) is 0 Å². The number of rotatable bonds is 3. The first-order chi connectivity index (χ1) is 8.63. The van der Waals surface area contributed by atoms with Gasteiger partial charge >= 0.3 is 6.03 Å². The maximum atomic E-state index is 11.4. The molecule has 0 saturated carbocycles. The van der Waals surface area contributed by atoms with Crippen LogP contribution in [0.4, 0.5) is 4.79 Å². The van der Waals surface area contributed by atoms with Gasteiger partial charge in [-0.1, -0.05) is 11.6 Å². The van der Waals surface area contributed by atoms with E-state index in [1.54, 1.807) is 0 Å². The third-order valence-corrected chi connectivity index (χ3v) is 2.77. The zero-order chi connectivity index (χ0) is 13.1. The molecule has 0 saturated heterocycles. The van der Waals surface area contributed by atoms with E-state index in [1.807, 2.05) is 25.1 Å². The van der Waals surface area contributed by atoms with Gasteiger partial charge < -0.3 is 10.3 Å². The summed E-state index contributed by atoms with van der Waals surface area (Å²) in [7, 11) is 1.49. The standard InChI is InChI=1S/C13H15N3O2/c1-9-3-4-12-10(5-9)6-11(15-12)7-16(8-17)13(18)14-2/h3-6,8,15H,7H2,1-2H3,(H,14,18). The number of imide groups is 1. The third kappa shape index (κ3) is 2.34. The van der Waals surface area contributed by atoms with Crippen LogP contribution in [0.25, 0.3) is 10.9 Å². The summed E-state index contributed by atoms with van der Waals surface area (Å²) in [6.07, 6.45) is 0.523. The number of hydrogen-bond donors (Lipinski definition) is 2. The number of aromatic amines is 1. The summed E-state index contributed by atoms with van der Waals surface area (Å²) in [6, 6.07) is 7.58. The minimum Gasteiger partial charge on any atom is -0.357 e. The zero-order valence-electron chi connectivity index (χ0n) is 10.4. The van der Waals surface area contributed by atoms with Gasteiger partial charge in [0.05, 0.1) is 6.54 Å². The number of H-pyrrole nitrogens is 1. The summed E-state index contributed by atoms with van der Waals surface area (Å²) in [5.74, 6) is 0. The van der Waals surface area contributed by atoms with E-state index in [9.17, 15) is 9.59 Å². The Morgan fingerprint density at radius 2 is 2.22 bits per heavy atom. The second kappa shape index (κ2) is 4.91. The van der Waals surface area contributed by atoms with Crippen molar-refractivity contribution in [2.24, 2.45) is 0 Å². The van der Waals surface area contributed by atoms with Crippen LogP contribution >= 0.6 is 0 Å². The van der Waals surface area contributed by atoms with Gasteiger partial charge in [0.15, 0.2) is 0 Å². The molecule has 0 aliphatic rings. The summed E-state index contributed by atoms with van der Waals surface area (Å²) in [5.41, 5.74) is 3.00. The van der Waals surface area contributed by atoms with Crippen molar-refractivity contribution in [1.82, 2.24) is 15.2 Å². The fraction of sp³-hybridized carbons (Fsp3) is 0.231. The van der Waals surface area contributed by atoms with Crippen molar-refractivity contribution in [1.29, 1.82) is 0 Å². The van der Waals surface area contributed by atoms with Crippen LogP contribution < -0.4 is 5.32 Å². The predicted molar refractivity (Wildman–Crippen MR) is 69.1 cm³/mol. The van der Waals surface area contributed by atoms with E-state index in [4.69, 9.17) is 0 Å². The molecule has 18 heavy (non-hydrogen) atoms. The Labute approximate surface area is 105 Å². The Hall–Kier alpha value is -2.30. The van der Waals surface area contributed by atoms with E-state index >= 15 is 0 Å². The monoisotopic (exact) mass is 245 g/mol. The van der Waals surface area contributed by atoms with E-state index in [0.717, 1.165) is 21.5 Å². The third-order valence-electron chi connectivity index (χ3n) is 2.77. The smallest absolute Gasteiger partial charge is 0.323 e. The minimum absolute atomic E-state index is 0.233. The van der Waals surface area contributed by atoms with Crippen molar-refractivity contribution in [2.75, 3.05) is 7.05 Å². The number of carbonyl (C=O) groups excluding carboxylic acids is 2. The summed E-state index contributed by atoms with van der Waals surface area (Å²) in [6.45, 7) is 2.26. The van der Waals surface area contributed by atoms with Crippen molar-refractivity contribution in [2.45, 2.75) is 13.5 Å². The van der Waals surface area contributed by atoms with Gasteiger partial charge in [-0.25, -0.2) is 4.79 Å². The van der Waals surface area contributed by atoms with Gasteiger partial charge in [-0.15, -0.1) is 0 Å². The second-order valence-corrected chi connectivity index (χ2v) is 4.17. The SMILES string of the molecule is CNC(=O)N(C=O)Cc1cc2cc(C)ccc2[nH]1. The Kier molecular flexibility index (Phi) is 3.32. The molecule has 0 unspecified atom stereocenters. The van der Waals surface area contributed by atoms with Gasteiger partial charge in [0.1, 0.15) is 0 Å². The van der Waals surface area contributed by atoms with E-state index in [-0.39, 0.29) is 6.54 Å². The van der Waals surface area contributed by atoms with Crippen molar-refractivity contribution in [3.05, 3.63) is 35.5 Å². The first kappa shape index (κ1) is 12.2. The molecule has 0 aliphatic heterocycles. The number of aromatic nitrogens is 1. The van der Waals surface area contributed by atoms with Crippen LogP contribution in [-0.2, 0) is 11.3 Å². The molecule has 0 atom stereocenters. The number of hydrogen-bond acceptors (Lipinski definition) is 2. The van der Waals surface area contributed by atoms with E-state index in [0.29, 0.717) is 6.41 Å². The lowest BCUT2D eigenvalue weighted by Crippen LogP contribution is -2.36. The number of benzene rings is 1. The number of urea groups is 1. The zero-order valence-corrected chi connectivity index (χ0v) is 10.4. The lowest BCUT2D eigenvalue weighted by atomic mass is 10.2. The Morgan fingerprint density at radius 3 is 2.89 bits per heavy atom. The number of nitrogens with zero attached hydrogens (tertiary/aromatic N) is 1. The van der Waals surface area contributed by atoms with Crippen LogP contribution in [0.5, 0.6) is 0 Å². The molecule has 3 amide bonds. The summed E-state index contributed by atoms with van der Waals surface area (Å²) in [5, 5.41) is 3.50. The lowest BCUT2D eigenvalue weighted by Gasteiger charge is -2.13. The summed E-state index contributed by atoms with van der Waals surface area (Å²) in [4.78, 5) is 26.5. The number of fused-ring (bicyclic) bond motifs is 1. The maximum absolute atomic E-state index is 11.4. The summed E-state index contributed by atoms with van der Waals surface area (Å²) < 4.78 is 0. The highest BCUT2D eigenvalue weighted by molar-refractivity contribution is 5.85. The van der Waals surface area contributed by atoms with E-state index < -0.39 is 6.03 Å². The molecule has 0 fully saturated rings. The molecule has 5 nitrogen and oxygen atoms in total. The van der Waals surface area contributed by atoms with Crippen LogP contribution in [0, 0.1) is 6.92 Å². The maximum Gasteiger partial charge on any atom is 0.323 e. The highest BCUT2D eigenvalue weighted by Gasteiger charge is 2.12. The first-order valence-electron chi connectivity index (χ1n) is 5.66. The molecule has 1 aromatic heterocycles. The normalized spacial score (nSPS) is 10.3. The van der Waals surface area contributed by atoms with Crippen molar-refractivity contribution >= 4 is 23.3 Å². The number of carbonyl (C=O) groups is 2. The molecular formula is C13H15N3O2. The Balaban J connectivity index is 2.26. The van der Waals surface area contributed by atoms with Crippen LogP contribution in [0.1, 0.15) is 11.3 Å². The molecule has 1 aromatic carbocycles. The first-order valence-corrected chi connectivity index (χ1v) is 5.66. The van der Waals surface area contributed by atoms with Gasteiger partial charge in [-0.2, -0.15) is 0 Å². The molecule has 0 aliphatic carbocycles. The van der Waals surface area contributed by atoms with E-state index in [1.165, 1.54) is 12.6 Å². The highest BCUT2D eigenvalue weighted by Crippen LogP contribution is 2.17. The average molecular weight is 245 g/mol. The molecule has 0 radical (unpaired) electrons. The fourth-order valence-electron chi connectivity index (χ4n) is 1.88. The number of nitrogens with one attached hydrogen (secondary N) is 2. The molecule has 2 aromatic rings. The Morgan fingerprint density at radius 1 is 1.44 bits per heavy atom. The number of amides is 3. The van der Waals surface area contributed by atoms with Gasteiger partial charge in [0.25, 0.3) is 0 Å². The molecular weight excluding hydrogens is 230 g/mol. The molecule has 2 N–H and O–H groups in total. The molecule has 2 rings (SSSR count). The quantitative estimate of drug-likeness (QED) is 0.809. The second-order valence-electron chi connectivity index (χ2n) is 4.17.